The number of aliphatic hydroxyl groups is 1. The maximum atomic E-state index is 13.3. The van der Waals surface area contributed by atoms with Crippen LogP contribution in [0.15, 0.2) is 60.7 Å². The summed E-state index contributed by atoms with van der Waals surface area (Å²) in [5, 5.41) is 18.9. The molecule has 39 heavy (non-hydrogen) atoms. The van der Waals surface area contributed by atoms with Crippen LogP contribution in [-0.4, -0.2) is 72.3 Å². The minimum absolute atomic E-state index is 0.0297. The first-order chi connectivity index (χ1) is 18.6. The van der Waals surface area contributed by atoms with Gasteiger partial charge in [0.2, 0.25) is 11.8 Å². The molecular formula is C28H39N5O6. The summed E-state index contributed by atoms with van der Waals surface area (Å²) in [6.45, 7) is 4.20. The number of hydrogen-bond donors (Lipinski definition) is 5. The van der Waals surface area contributed by atoms with E-state index in [1.807, 2.05) is 50.2 Å². The van der Waals surface area contributed by atoms with Crippen LogP contribution in [0.25, 0.3) is 0 Å². The van der Waals surface area contributed by atoms with Crippen LogP contribution < -0.4 is 21.7 Å². The Morgan fingerprint density at radius 1 is 0.923 bits per heavy atom. The molecule has 212 valence electrons. The summed E-state index contributed by atoms with van der Waals surface area (Å²) >= 11 is 0. The van der Waals surface area contributed by atoms with Crippen LogP contribution in [0.1, 0.15) is 31.4 Å². The number of amides is 5. The molecule has 0 saturated carbocycles. The number of carbonyl (C=O) groups is 4. The van der Waals surface area contributed by atoms with Gasteiger partial charge in [0.15, 0.2) is 0 Å². The molecule has 2 aromatic rings. The molecule has 3 atom stereocenters. The third-order valence-corrected chi connectivity index (χ3v) is 5.81. The van der Waals surface area contributed by atoms with Crippen LogP contribution in [0.3, 0.4) is 0 Å². The molecule has 0 fully saturated rings. The highest BCUT2D eigenvalue weighted by Crippen LogP contribution is 2.11. The number of hydrogen-bond acceptors (Lipinski definition) is 6. The molecule has 2 aromatic carbocycles. The lowest BCUT2D eigenvalue weighted by atomic mass is 9.99. The first-order valence-electron chi connectivity index (χ1n) is 12.8. The number of nitrogens with zero attached hydrogens (tertiary/aromatic N) is 1. The number of urea groups is 1. The smallest absolute Gasteiger partial charge is 0.408 e. The van der Waals surface area contributed by atoms with Crippen LogP contribution in [0.2, 0.25) is 0 Å². The van der Waals surface area contributed by atoms with Crippen molar-refractivity contribution in [3.05, 3.63) is 71.8 Å². The lowest BCUT2D eigenvalue weighted by molar-refractivity contribution is -0.128. The molecule has 0 aromatic heterocycles. The van der Waals surface area contributed by atoms with E-state index in [0.29, 0.717) is 6.54 Å². The van der Waals surface area contributed by atoms with Crippen LogP contribution in [0, 0.1) is 5.92 Å². The monoisotopic (exact) mass is 541 g/mol. The van der Waals surface area contributed by atoms with Crippen molar-refractivity contribution >= 4 is 23.9 Å². The Kier molecular flexibility index (Phi) is 12.7. The van der Waals surface area contributed by atoms with Crippen molar-refractivity contribution in [3.8, 4) is 0 Å². The zero-order chi connectivity index (χ0) is 28.8. The molecule has 0 saturated heterocycles. The zero-order valence-electron chi connectivity index (χ0n) is 22.6. The van der Waals surface area contributed by atoms with Gasteiger partial charge in [-0.25, -0.2) is 9.59 Å². The first-order valence-corrected chi connectivity index (χ1v) is 12.8. The summed E-state index contributed by atoms with van der Waals surface area (Å²) in [6, 6.07) is 15.6. The van der Waals surface area contributed by atoms with Gasteiger partial charge >= 0.3 is 12.1 Å². The molecule has 0 aliphatic carbocycles. The van der Waals surface area contributed by atoms with E-state index < -0.39 is 42.5 Å². The van der Waals surface area contributed by atoms with E-state index in [2.05, 4.69) is 16.0 Å². The van der Waals surface area contributed by atoms with Crippen LogP contribution in [0.5, 0.6) is 0 Å². The fourth-order valence-electron chi connectivity index (χ4n) is 3.94. The van der Waals surface area contributed by atoms with Gasteiger partial charge in [-0.1, -0.05) is 74.5 Å². The fourth-order valence-corrected chi connectivity index (χ4v) is 3.94. The topological polar surface area (TPSA) is 163 Å². The summed E-state index contributed by atoms with van der Waals surface area (Å²) < 4.78 is 5.18. The number of aliphatic hydroxyl groups excluding tert-OH is 1. The predicted octanol–water partition coefficient (Wildman–Crippen LogP) is 1.54. The van der Waals surface area contributed by atoms with Crippen molar-refractivity contribution in [1.82, 2.24) is 20.9 Å². The van der Waals surface area contributed by atoms with E-state index >= 15 is 0 Å². The molecule has 5 amide bonds. The Hall–Kier alpha value is -4.12. The second kappa shape index (κ2) is 16.0. The Labute approximate surface area is 229 Å². The Bertz CT molecular complexity index is 1070. The van der Waals surface area contributed by atoms with Gasteiger partial charge in [-0.15, -0.1) is 0 Å². The van der Waals surface area contributed by atoms with Crippen molar-refractivity contribution in [3.63, 3.8) is 0 Å². The highest BCUT2D eigenvalue weighted by molar-refractivity contribution is 5.90. The second-order valence-electron chi connectivity index (χ2n) is 9.66. The lowest BCUT2D eigenvalue weighted by Crippen LogP contribution is -2.56. The standard InChI is InChI=1S/C28H39N5O6/c1-19(2)16-33(27(37)30-3)17-24(34)22(14-20-10-6-4-7-11-20)31-26(36)23(15-25(29)35)32-28(38)39-18-21-12-8-5-9-13-21/h4-13,19,22-24,34H,14-18H2,1-3H3,(H2,29,35)(H,30,37)(H,31,36)(H,32,38)/t22-,23-,24?/m0/s1. The van der Waals surface area contributed by atoms with Crippen LogP contribution in [0.4, 0.5) is 9.59 Å². The molecule has 1 unspecified atom stereocenters. The molecule has 0 aliphatic rings. The Morgan fingerprint density at radius 3 is 2.05 bits per heavy atom. The lowest BCUT2D eigenvalue weighted by Gasteiger charge is -2.31. The highest BCUT2D eigenvalue weighted by Gasteiger charge is 2.30. The molecule has 0 bridgehead atoms. The van der Waals surface area contributed by atoms with Gasteiger partial charge in [-0.3, -0.25) is 9.59 Å². The van der Waals surface area contributed by atoms with Crippen LogP contribution in [-0.2, 0) is 27.4 Å². The molecule has 2 rings (SSSR count). The molecule has 0 heterocycles. The third-order valence-electron chi connectivity index (χ3n) is 5.81. The van der Waals surface area contributed by atoms with Gasteiger partial charge in [-0.2, -0.15) is 0 Å². The Morgan fingerprint density at radius 2 is 1.51 bits per heavy atom. The van der Waals surface area contributed by atoms with E-state index in [0.717, 1.165) is 11.1 Å². The average molecular weight is 542 g/mol. The molecule has 11 heteroatoms. The normalized spacial score (nSPS) is 13.1. The zero-order valence-corrected chi connectivity index (χ0v) is 22.6. The van der Waals surface area contributed by atoms with Crippen molar-refractivity contribution in [1.29, 1.82) is 0 Å². The van der Waals surface area contributed by atoms with E-state index in [9.17, 15) is 24.3 Å². The van der Waals surface area contributed by atoms with Gasteiger partial charge in [0, 0.05) is 13.6 Å². The number of nitrogens with one attached hydrogen (secondary N) is 3. The maximum absolute atomic E-state index is 13.3. The number of primary amides is 1. The van der Waals surface area contributed by atoms with Gasteiger partial charge < -0.3 is 36.4 Å². The highest BCUT2D eigenvalue weighted by atomic mass is 16.5. The minimum Gasteiger partial charge on any atom is -0.445 e. The average Bonchev–Trinajstić information content (AvgIpc) is 2.90. The number of ether oxygens (including phenoxy) is 1. The SMILES string of the molecule is CNC(=O)N(CC(C)C)CC(O)[C@H](Cc1ccccc1)NC(=O)[C@H](CC(N)=O)NC(=O)OCc1ccccc1. The molecule has 0 spiro atoms. The van der Waals surface area contributed by atoms with Crippen molar-refractivity contribution in [2.45, 2.75) is 51.5 Å². The van der Waals surface area contributed by atoms with Gasteiger partial charge in [0.25, 0.3) is 0 Å². The number of nitrogens with two attached hydrogens (primary N) is 1. The molecule has 0 radical (unpaired) electrons. The van der Waals surface area contributed by atoms with Crippen LogP contribution >= 0.6 is 0 Å². The van der Waals surface area contributed by atoms with Gasteiger partial charge in [0.05, 0.1) is 25.1 Å². The largest absolute Gasteiger partial charge is 0.445 e. The summed E-state index contributed by atoms with van der Waals surface area (Å²) in [4.78, 5) is 51.2. The fraction of sp³-hybridized carbons (Fsp3) is 0.429. The van der Waals surface area contributed by atoms with E-state index in [-0.39, 0.29) is 31.5 Å². The number of rotatable bonds is 14. The predicted molar refractivity (Wildman–Crippen MR) is 146 cm³/mol. The summed E-state index contributed by atoms with van der Waals surface area (Å²) in [5.74, 6) is -1.38. The van der Waals surface area contributed by atoms with Crippen molar-refractivity contribution in [2.24, 2.45) is 11.7 Å². The summed E-state index contributed by atoms with van der Waals surface area (Å²) in [5.41, 5.74) is 6.91. The van der Waals surface area contributed by atoms with Crippen molar-refractivity contribution in [2.75, 3.05) is 20.1 Å². The number of alkyl carbamates (subject to hydrolysis) is 1. The first kappa shape index (κ1) is 31.1. The molecule has 6 N–H and O–H groups in total. The quantitative estimate of drug-likeness (QED) is 0.244. The summed E-state index contributed by atoms with van der Waals surface area (Å²) in [7, 11) is 1.50. The Balaban J connectivity index is 2.17. The molecule has 11 nitrogen and oxygen atoms in total. The van der Waals surface area contributed by atoms with E-state index in [4.69, 9.17) is 10.5 Å². The van der Waals surface area contributed by atoms with E-state index in [1.165, 1.54) is 11.9 Å². The summed E-state index contributed by atoms with van der Waals surface area (Å²) in [6.07, 6.45) is -2.30. The second-order valence-corrected chi connectivity index (χ2v) is 9.66. The van der Waals surface area contributed by atoms with Gasteiger partial charge in [0.1, 0.15) is 12.6 Å². The maximum Gasteiger partial charge on any atom is 0.408 e. The number of carbonyl (C=O) groups excluding carboxylic acids is 4. The van der Waals surface area contributed by atoms with Crippen molar-refractivity contribution < 1.29 is 29.0 Å². The molecular weight excluding hydrogens is 502 g/mol. The van der Waals surface area contributed by atoms with Gasteiger partial charge in [-0.05, 0) is 23.5 Å². The minimum atomic E-state index is -1.33. The number of benzene rings is 2. The van der Waals surface area contributed by atoms with E-state index in [1.54, 1.807) is 24.3 Å². The molecule has 0 aliphatic heterocycles. The third kappa shape index (κ3) is 11.4.